The first-order valence-corrected chi connectivity index (χ1v) is 6.03. The summed E-state index contributed by atoms with van der Waals surface area (Å²) in [5, 5.41) is 10.6. The molecule has 0 aliphatic heterocycles. The standard InChI is InChI=1S/C13H16FNO4/c1-9(2)4-3-7-19-13(16)11-8-10(15(17)18)5-6-12(11)14/h5-6,8-9H,3-4,7H2,1-2H3. The number of esters is 1. The molecule has 0 spiro atoms. The van der Waals surface area contributed by atoms with Crippen LogP contribution in [0.3, 0.4) is 0 Å². The zero-order chi connectivity index (χ0) is 14.4. The zero-order valence-corrected chi connectivity index (χ0v) is 10.9. The predicted molar refractivity (Wildman–Crippen MR) is 67.4 cm³/mol. The molecule has 104 valence electrons. The van der Waals surface area contributed by atoms with Crippen LogP contribution in [-0.2, 0) is 4.74 Å². The van der Waals surface area contributed by atoms with Crippen LogP contribution in [0.1, 0.15) is 37.0 Å². The Morgan fingerprint density at radius 2 is 2.16 bits per heavy atom. The van der Waals surface area contributed by atoms with Gasteiger partial charge >= 0.3 is 5.97 Å². The van der Waals surface area contributed by atoms with Crippen molar-refractivity contribution in [3.05, 3.63) is 39.7 Å². The molecule has 5 nitrogen and oxygen atoms in total. The highest BCUT2D eigenvalue weighted by Gasteiger charge is 2.17. The zero-order valence-electron chi connectivity index (χ0n) is 10.9. The second-order valence-electron chi connectivity index (χ2n) is 4.59. The molecule has 0 bridgehead atoms. The molecule has 0 radical (unpaired) electrons. The molecule has 19 heavy (non-hydrogen) atoms. The number of carbonyl (C=O) groups excluding carboxylic acids is 1. The second-order valence-corrected chi connectivity index (χ2v) is 4.59. The summed E-state index contributed by atoms with van der Waals surface area (Å²) in [6.07, 6.45) is 1.57. The fourth-order valence-electron chi connectivity index (χ4n) is 1.52. The van der Waals surface area contributed by atoms with E-state index in [4.69, 9.17) is 4.74 Å². The molecule has 0 saturated carbocycles. The Labute approximate surface area is 110 Å². The average Bonchev–Trinajstić information content (AvgIpc) is 2.34. The maximum Gasteiger partial charge on any atom is 0.341 e. The van der Waals surface area contributed by atoms with Crippen LogP contribution >= 0.6 is 0 Å². The largest absolute Gasteiger partial charge is 0.462 e. The van der Waals surface area contributed by atoms with Crippen molar-refractivity contribution < 1.29 is 18.8 Å². The Morgan fingerprint density at radius 1 is 1.47 bits per heavy atom. The molecule has 6 heteroatoms. The fourth-order valence-corrected chi connectivity index (χ4v) is 1.52. The molecule has 0 unspecified atom stereocenters. The minimum Gasteiger partial charge on any atom is -0.462 e. The third-order valence-electron chi connectivity index (χ3n) is 2.54. The summed E-state index contributed by atoms with van der Waals surface area (Å²) in [7, 11) is 0. The van der Waals surface area contributed by atoms with Crippen LogP contribution in [0.2, 0.25) is 0 Å². The van der Waals surface area contributed by atoms with Gasteiger partial charge in [0.25, 0.3) is 5.69 Å². The molecule has 0 heterocycles. The van der Waals surface area contributed by atoms with Gasteiger partial charge < -0.3 is 4.74 Å². The molecular formula is C13H16FNO4. The van der Waals surface area contributed by atoms with Crippen molar-refractivity contribution in [3.8, 4) is 0 Å². The maximum absolute atomic E-state index is 13.4. The van der Waals surface area contributed by atoms with E-state index in [2.05, 4.69) is 0 Å². The quantitative estimate of drug-likeness (QED) is 0.344. The highest BCUT2D eigenvalue weighted by Crippen LogP contribution is 2.17. The summed E-state index contributed by atoms with van der Waals surface area (Å²) in [6, 6.07) is 2.79. The summed E-state index contributed by atoms with van der Waals surface area (Å²) in [5.74, 6) is -1.20. The number of nitro benzene ring substituents is 1. The average molecular weight is 269 g/mol. The van der Waals surface area contributed by atoms with Crippen molar-refractivity contribution in [3.63, 3.8) is 0 Å². The van der Waals surface area contributed by atoms with Gasteiger partial charge in [-0.1, -0.05) is 13.8 Å². The lowest BCUT2D eigenvalue weighted by atomic mass is 10.1. The molecule has 0 aliphatic rings. The van der Waals surface area contributed by atoms with Crippen LogP contribution in [0.4, 0.5) is 10.1 Å². The van der Waals surface area contributed by atoms with E-state index in [1.807, 2.05) is 13.8 Å². The van der Waals surface area contributed by atoms with Gasteiger partial charge in [-0.25, -0.2) is 9.18 Å². The molecule has 0 N–H and O–H groups in total. The van der Waals surface area contributed by atoms with E-state index in [1.54, 1.807) is 0 Å². The Bertz CT molecular complexity index is 474. The van der Waals surface area contributed by atoms with Gasteiger partial charge in [0.15, 0.2) is 0 Å². The van der Waals surface area contributed by atoms with Gasteiger partial charge in [-0.05, 0) is 24.8 Å². The lowest BCUT2D eigenvalue weighted by molar-refractivity contribution is -0.384. The third-order valence-corrected chi connectivity index (χ3v) is 2.54. The van der Waals surface area contributed by atoms with Crippen molar-refractivity contribution in [2.24, 2.45) is 5.92 Å². The number of halogens is 1. The minimum atomic E-state index is -0.870. The van der Waals surface area contributed by atoms with E-state index in [9.17, 15) is 19.3 Å². The number of nitro groups is 1. The summed E-state index contributed by atoms with van der Waals surface area (Å²) in [6.45, 7) is 4.27. The van der Waals surface area contributed by atoms with Gasteiger partial charge in [0, 0.05) is 12.1 Å². The molecule has 1 rings (SSSR count). The van der Waals surface area contributed by atoms with Crippen molar-refractivity contribution in [1.29, 1.82) is 0 Å². The minimum absolute atomic E-state index is 0.180. The van der Waals surface area contributed by atoms with E-state index in [1.165, 1.54) is 0 Å². The van der Waals surface area contributed by atoms with Gasteiger partial charge in [-0.15, -0.1) is 0 Å². The number of rotatable bonds is 6. The van der Waals surface area contributed by atoms with Crippen LogP contribution in [0.25, 0.3) is 0 Å². The summed E-state index contributed by atoms with van der Waals surface area (Å²) >= 11 is 0. The van der Waals surface area contributed by atoms with Crippen molar-refractivity contribution >= 4 is 11.7 Å². The van der Waals surface area contributed by atoms with Crippen LogP contribution in [0.15, 0.2) is 18.2 Å². The smallest absolute Gasteiger partial charge is 0.341 e. The van der Waals surface area contributed by atoms with Crippen molar-refractivity contribution in [1.82, 2.24) is 0 Å². The number of benzene rings is 1. The lowest BCUT2D eigenvalue weighted by Crippen LogP contribution is -2.09. The monoisotopic (exact) mass is 269 g/mol. The Balaban J connectivity index is 2.66. The number of ether oxygens (including phenoxy) is 1. The fraction of sp³-hybridized carbons (Fsp3) is 0.462. The Hall–Kier alpha value is -1.98. The second kappa shape index (κ2) is 6.82. The third kappa shape index (κ3) is 4.65. The molecule has 0 fully saturated rings. The van der Waals surface area contributed by atoms with Crippen LogP contribution in [0, 0.1) is 21.8 Å². The Kier molecular flexibility index (Phi) is 5.41. The van der Waals surface area contributed by atoms with Gasteiger partial charge in [-0.2, -0.15) is 0 Å². The van der Waals surface area contributed by atoms with Gasteiger partial charge in [0.2, 0.25) is 0 Å². The highest BCUT2D eigenvalue weighted by atomic mass is 19.1. The van der Waals surface area contributed by atoms with E-state index in [0.29, 0.717) is 12.3 Å². The van der Waals surface area contributed by atoms with Crippen LogP contribution in [0.5, 0.6) is 0 Å². The topological polar surface area (TPSA) is 69.4 Å². The molecule has 0 aliphatic carbocycles. The van der Waals surface area contributed by atoms with Gasteiger partial charge in [0.05, 0.1) is 11.5 Å². The van der Waals surface area contributed by atoms with E-state index >= 15 is 0 Å². The molecule has 0 aromatic heterocycles. The number of non-ortho nitro benzene ring substituents is 1. The number of carbonyl (C=O) groups is 1. The van der Waals surface area contributed by atoms with Gasteiger partial charge in [-0.3, -0.25) is 10.1 Å². The summed E-state index contributed by atoms with van der Waals surface area (Å²) in [5.41, 5.74) is -0.741. The number of nitrogens with zero attached hydrogens (tertiary/aromatic N) is 1. The van der Waals surface area contributed by atoms with E-state index in [0.717, 1.165) is 24.6 Å². The molecule has 0 saturated heterocycles. The predicted octanol–water partition coefficient (Wildman–Crippen LogP) is 3.33. The SMILES string of the molecule is CC(C)CCCOC(=O)c1cc([N+](=O)[O-])ccc1F. The summed E-state index contributed by atoms with van der Waals surface area (Å²) < 4.78 is 18.3. The lowest BCUT2D eigenvalue weighted by Gasteiger charge is -2.07. The van der Waals surface area contributed by atoms with E-state index in [-0.39, 0.29) is 12.3 Å². The van der Waals surface area contributed by atoms with Crippen LogP contribution in [-0.4, -0.2) is 17.5 Å². The van der Waals surface area contributed by atoms with Crippen molar-refractivity contribution in [2.45, 2.75) is 26.7 Å². The van der Waals surface area contributed by atoms with Crippen LogP contribution < -0.4 is 0 Å². The first-order chi connectivity index (χ1) is 8.91. The first kappa shape index (κ1) is 15.1. The molecular weight excluding hydrogens is 253 g/mol. The first-order valence-electron chi connectivity index (χ1n) is 6.03. The normalized spacial score (nSPS) is 10.5. The summed E-state index contributed by atoms with van der Waals surface area (Å²) in [4.78, 5) is 21.5. The maximum atomic E-state index is 13.4. The van der Waals surface area contributed by atoms with Gasteiger partial charge in [0.1, 0.15) is 11.4 Å². The molecule has 1 aromatic rings. The highest BCUT2D eigenvalue weighted by molar-refractivity contribution is 5.90. The molecule has 0 atom stereocenters. The Morgan fingerprint density at radius 3 is 2.74 bits per heavy atom. The number of hydrogen-bond acceptors (Lipinski definition) is 4. The molecule has 0 amide bonds. The molecule has 1 aromatic carbocycles. The number of hydrogen-bond donors (Lipinski definition) is 0. The van der Waals surface area contributed by atoms with E-state index < -0.39 is 22.3 Å². The van der Waals surface area contributed by atoms with Crippen molar-refractivity contribution in [2.75, 3.05) is 6.61 Å².